The van der Waals surface area contributed by atoms with Crippen molar-refractivity contribution in [3.05, 3.63) is 47.5 Å². The number of nitrogens with one attached hydrogen (secondary N) is 1. The molecule has 5 heteroatoms. The third-order valence-corrected chi connectivity index (χ3v) is 4.27. The van der Waals surface area contributed by atoms with Gasteiger partial charge in [-0.2, -0.15) is 0 Å². The molecule has 1 aromatic heterocycles. The van der Waals surface area contributed by atoms with Crippen LogP contribution in [0.25, 0.3) is 0 Å². The summed E-state index contributed by atoms with van der Waals surface area (Å²) in [6.45, 7) is 1.60. The third kappa shape index (κ3) is 2.99. The van der Waals surface area contributed by atoms with Crippen LogP contribution in [0.15, 0.2) is 41.9 Å². The Kier molecular flexibility index (Phi) is 3.97. The number of rotatable bonds is 3. The largest absolute Gasteiger partial charge is 0.359 e. The molecule has 1 fully saturated rings. The Balaban J connectivity index is 1.55. The quantitative estimate of drug-likeness (QED) is 0.944. The molecule has 104 valence electrons. The summed E-state index contributed by atoms with van der Waals surface area (Å²) in [7, 11) is 0. The zero-order valence-electron chi connectivity index (χ0n) is 11.2. The van der Waals surface area contributed by atoms with E-state index in [4.69, 9.17) is 0 Å². The van der Waals surface area contributed by atoms with Gasteiger partial charge in [-0.15, -0.1) is 11.3 Å². The molecule has 1 amide bonds. The number of thiazole rings is 1. The lowest BCUT2D eigenvalue weighted by molar-refractivity contribution is 0.0718. The van der Waals surface area contributed by atoms with Crippen molar-refractivity contribution in [3.63, 3.8) is 0 Å². The van der Waals surface area contributed by atoms with E-state index in [1.165, 1.54) is 0 Å². The first kappa shape index (κ1) is 13.1. The number of hydrogen-bond donors (Lipinski definition) is 1. The number of benzene rings is 1. The van der Waals surface area contributed by atoms with Gasteiger partial charge in [-0.1, -0.05) is 18.2 Å². The van der Waals surface area contributed by atoms with Gasteiger partial charge in [0.2, 0.25) is 0 Å². The molecule has 1 aliphatic rings. The van der Waals surface area contributed by atoms with Gasteiger partial charge >= 0.3 is 0 Å². The Hall–Kier alpha value is -1.88. The Morgan fingerprint density at radius 3 is 2.65 bits per heavy atom. The fraction of sp³-hybridized carbons (Fsp3) is 0.333. The molecule has 0 aliphatic carbocycles. The average molecular weight is 287 g/mol. The number of carbonyl (C=O) groups is 1. The summed E-state index contributed by atoms with van der Waals surface area (Å²) in [5.74, 6) is 0.137. The minimum atomic E-state index is 0.137. The van der Waals surface area contributed by atoms with Crippen LogP contribution in [0, 0.1) is 0 Å². The average Bonchev–Trinajstić information content (AvgIpc) is 3.01. The van der Waals surface area contributed by atoms with Gasteiger partial charge in [0.1, 0.15) is 0 Å². The molecule has 1 aromatic carbocycles. The normalized spacial score (nSPS) is 16.1. The Morgan fingerprint density at radius 2 is 2.00 bits per heavy atom. The molecule has 0 unspecified atom stereocenters. The van der Waals surface area contributed by atoms with Gasteiger partial charge in [0.05, 0.1) is 0 Å². The second-order valence-corrected chi connectivity index (χ2v) is 5.81. The summed E-state index contributed by atoms with van der Waals surface area (Å²) in [4.78, 5) is 18.5. The summed E-state index contributed by atoms with van der Waals surface area (Å²) in [6.07, 6.45) is 3.75. The minimum Gasteiger partial charge on any atom is -0.359 e. The Labute approximate surface area is 122 Å². The lowest BCUT2D eigenvalue weighted by atomic mass is 10.0. The number of piperidine rings is 1. The predicted octanol–water partition coefficient (Wildman–Crippen LogP) is 2.86. The molecule has 3 rings (SSSR count). The highest BCUT2D eigenvalue weighted by atomic mass is 32.1. The fourth-order valence-corrected chi connectivity index (χ4v) is 3.07. The van der Waals surface area contributed by atoms with Gasteiger partial charge in [-0.25, -0.2) is 4.98 Å². The van der Waals surface area contributed by atoms with Crippen molar-refractivity contribution in [2.45, 2.75) is 18.9 Å². The number of hydrogen-bond acceptors (Lipinski definition) is 4. The minimum absolute atomic E-state index is 0.137. The molecule has 1 N–H and O–H groups in total. The van der Waals surface area contributed by atoms with E-state index >= 15 is 0 Å². The summed E-state index contributed by atoms with van der Waals surface area (Å²) in [5, 5.41) is 6.37. The van der Waals surface area contributed by atoms with Crippen LogP contribution in [-0.4, -0.2) is 34.9 Å². The van der Waals surface area contributed by atoms with Gasteiger partial charge in [0.15, 0.2) is 5.13 Å². The number of carbonyl (C=O) groups excluding carboxylic acids is 1. The molecule has 2 heterocycles. The highest BCUT2D eigenvalue weighted by Gasteiger charge is 2.23. The lowest BCUT2D eigenvalue weighted by Gasteiger charge is -2.32. The monoisotopic (exact) mass is 287 g/mol. The molecule has 0 radical (unpaired) electrons. The molecule has 1 saturated heterocycles. The van der Waals surface area contributed by atoms with E-state index in [2.05, 4.69) is 10.3 Å². The molecule has 0 spiro atoms. The van der Waals surface area contributed by atoms with Crippen LogP contribution in [-0.2, 0) is 0 Å². The van der Waals surface area contributed by atoms with E-state index in [-0.39, 0.29) is 5.91 Å². The zero-order valence-corrected chi connectivity index (χ0v) is 12.0. The molecule has 0 atom stereocenters. The van der Waals surface area contributed by atoms with Crippen molar-refractivity contribution in [2.24, 2.45) is 0 Å². The van der Waals surface area contributed by atoms with E-state index in [1.54, 1.807) is 17.5 Å². The summed E-state index contributed by atoms with van der Waals surface area (Å²) >= 11 is 1.62. The van der Waals surface area contributed by atoms with Crippen molar-refractivity contribution >= 4 is 22.4 Å². The summed E-state index contributed by atoms with van der Waals surface area (Å²) < 4.78 is 0. The van der Waals surface area contributed by atoms with Crippen molar-refractivity contribution in [2.75, 3.05) is 18.4 Å². The highest BCUT2D eigenvalue weighted by Crippen LogP contribution is 2.19. The fourth-order valence-electron chi connectivity index (χ4n) is 2.46. The third-order valence-electron chi connectivity index (χ3n) is 3.56. The van der Waals surface area contributed by atoms with Gasteiger partial charge in [0, 0.05) is 36.3 Å². The molecule has 2 aromatic rings. The highest BCUT2D eigenvalue weighted by molar-refractivity contribution is 7.13. The van der Waals surface area contributed by atoms with Crippen LogP contribution >= 0.6 is 11.3 Å². The van der Waals surface area contributed by atoms with Crippen molar-refractivity contribution in [3.8, 4) is 0 Å². The molecule has 20 heavy (non-hydrogen) atoms. The number of amides is 1. The topological polar surface area (TPSA) is 45.2 Å². The maximum atomic E-state index is 12.3. The smallest absolute Gasteiger partial charge is 0.253 e. The van der Waals surface area contributed by atoms with E-state index in [0.717, 1.165) is 36.6 Å². The van der Waals surface area contributed by atoms with Crippen LogP contribution in [0.3, 0.4) is 0 Å². The number of nitrogens with zero attached hydrogens (tertiary/aromatic N) is 2. The SMILES string of the molecule is O=C(c1ccccc1)N1CCC(Nc2nccs2)CC1. The summed E-state index contributed by atoms with van der Waals surface area (Å²) in [5.41, 5.74) is 0.777. The first-order valence-electron chi connectivity index (χ1n) is 6.83. The van der Waals surface area contributed by atoms with Gasteiger partial charge in [0.25, 0.3) is 5.91 Å². The van der Waals surface area contributed by atoms with Crippen molar-refractivity contribution in [1.82, 2.24) is 9.88 Å². The van der Waals surface area contributed by atoms with Crippen LogP contribution in [0.2, 0.25) is 0 Å². The zero-order chi connectivity index (χ0) is 13.8. The second kappa shape index (κ2) is 6.05. The van der Waals surface area contributed by atoms with Gasteiger partial charge in [-0.3, -0.25) is 4.79 Å². The maximum Gasteiger partial charge on any atom is 0.253 e. The molecular formula is C15H17N3OS. The summed E-state index contributed by atoms with van der Waals surface area (Å²) in [6, 6.07) is 9.92. The van der Waals surface area contributed by atoms with E-state index in [9.17, 15) is 4.79 Å². The van der Waals surface area contributed by atoms with Crippen LogP contribution in [0.5, 0.6) is 0 Å². The van der Waals surface area contributed by atoms with E-state index in [0.29, 0.717) is 6.04 Å². The Morgan fingerprint density at radius 1 is 1.25 bits per heavy atom. The molecule has 4 nitrogen and oxygen atoms in total. The number of anilines is 1. The standard InChI is InChI=1S/C15H17N3OS/c19-14(12-4-2-1-3-5-12)18-9-6-13(7-10-18)17-15-16-8-11-20-15/h1-5,8,11,13H,6-7,9-10H2,(H,16,17). The van der Waals surface area contributed by atoms with Crippen molar-refractivity contribution in [1.29, 1.82) is 0 Å². The number of aromatic nitrogens is 1. The Bertz CT molecular complexity index is 548. The van der Waals surface area contributed by atoms with Gasteiger partial charge < -0.3 is 10.2 Å². The van der Waals surface area contributed by atoms with Gasteiger partial charge in [-0.05, 0) is 25.0 Å². The molecule has 0 saturated carbocycles. The van der Waals surface area contributed by atoms with Crippen molar-refractivity contribution < 1.29 is 4.79 Å². The van der Waals surface area contributed by atoms with E-state index < -0.39 is 0 Å². The van der Waals surface area contributed by atoms with Crippen LogP contribution in [0.4, 0.5) is 5.13 Å². The van der Waals surface area contributed by atoms with E-state index in [1.807, 2.05) is 40.6 Å². The maximum absolute atomic E-state index is 12.3. The molecule has 1 aliphatic heterocycles. The number of likely N-dealkylation sites (tertiary alicyclic amines) is 1. The second-order valence-electron chi connectivity index (χ2n) is 4.91. The van der Waals surface area contributed by atoms with Crippen LogP contribution in [0.1, 0.15) is 23.2 Å². The molecule has 0 bridgehead atoms. The first-order chi connectivity index (χ1) is 9.83. The molecular weight excluding hydrogens is 270 g/mol. The predicted molar refractivity (Wildman–Crippen MR) is 81.1 cm³/mol. The van der Waals surface area contributed by atoms with Crippen LogP contribution < -0.4 is 5.32 Å². The lowest BCUT2D eigenvalue weighted by Crippen LogP contribution is -2.42. The first-order valence-corrected chi connectivity index (χ1v) is 7.71.